The monoisotopic (exact) mass is 474 g/mol. The van der Waals surface area contributed by atoms with E-state index in [0.29, 0.717) is 13.1 Å². The van der Waals surface area contributed by atoms with Crippen molar-refractivity contribution < 1.29 is 22.8 Å². The second-order valence-corrected chi connectivity index (χ2v) is 10.3. The predicted molar refractivity (Wildman–Crippen MR) is 120 cm³/mol. The van der Waals surface area contributed by atoms with E-state index in [-0.39, 0.29) is 26.3 Å². The molecule has 0 N–H and O–H groups in total. The lowest BCUT2D eigenvalue weighted by atomic mass is 10.2. The van der Waals surface area contributed by atoms with Crippen LogP contribution in [0.25, 0.3) is 6.08 Å². The van der Waals surface area contributed by atoms with Gasteiger partial charge in [-0.2, -0.15) is 4.31 Å². The molecule has 4 amide bonds. The molecule has 0 unspecified atom stereocenters. The van der Waals surface area contributed by atoms with Gasteiger partial charge in [0, 0.05) is 36.5 Å². The van der Waals surface area contributed by atoms with Gasteiger partial charge >= 0.3 is 17.8 Å². The maximum absolute atomic E-state index is 12.6. The lowest BCUT2D eigenvalue weighted by Gasteiger charge is -2.34. The fourth-order valence-electron chi connectivity index (χ4n) is 3.51. The zero-order chi connectivity index (χ0) is 22.7. The number of carbonyl (C=O) groups is 3. The Kier molecular flexibility index (Phi) is 6.51. The molecular weight excluding hydrogens is 452 g/mol. The molecule has 2 aromatic rings. The molecule has 11 heteroatoms. The molecule has 0 spiro atoms. The van der Waals surface area contributed by atoms with Crippen LogP contribution in [-0.2, 0) is 26.2 Å². The molecular formula is C21H22N4O5S2. The summed E-state index contributed by atoms with van der Waals surface area (Å²) in [6.07, 6.45) is 1.55. The van der Waals surface area contributed by atoms with Crippen molar-refractivity contribution in [3.8, 4) is 0 Å². The summed E-state index contributed by atoms with van der Waals surface area (Å²) in [5.74, 6) is -1.69. The van der Waals surface area contributed by atoms with Crippen LogP contribution in [0.3, 0.4) is 0 Å². The van der Waals surface area contributed by atoms with Gasteiger partial charge in [-0.15, -0.1) is 11.3 Å². The van der Waals surface area contributed by atoms with Gasteiger partial charge in [0.15, 0.2) is 0 Å². The summed E-state index contributed by atoms with van der Waals surface area (Å²) in [7, 11) is -3.58. The van der Waals surface area contributed by atoms with Gasteiger partial charge in [0.25, 0.3) is 0 Å². The SMILES string of the molecule is O=C1C(=O)N(CN2CCN(S(=O)(=O)C=Cc3ccccc3)CC2)C(=O)N1Cc1cccs1. The maximum Gasteiger partial charge on any atom is 0.335 e. The number of benzene rings is 1. The number of nitrogens with zero attached hydrogens (tertiary/aromatic N) is 4. The summed E-state index contributed by atoms with van der Waals surface area (Å²) in [6, 6.07) is 12.1. The maximum atomic E-state index is 12.6. The van der Waals surface area contributed by atoms with Gasteiger partial charge in [0.2, 0.25) is 10.0 Å². The summed E-state index contributed by atoms with van der Waals surface area (Å²) < 4.78 is 26.6. The first-order valence-corrected chi connectivity index (χ1v) is 12.4. The van der Waals surface area contributed by atoms with Crippen molar-refractivity contribution in [1.29, 1.82) is 0 Å². The number of sulfonamides is 1. The predicted octanol–water partition coefficient (Wildman–Crippen LogP) is 1.61. The Labute approximate surface area is 190 Å². The molecule has 9 nitrogen and oxygen atoms in total. The van der Waals surface area contributed by atoms with Gasteiger partial charge in [0.05, 0.1) is 13.2 Å². The Hall–Kier alpha value is -2.86. The average molecular weight is 475 g/mol. The van der Waals surface area contributed by atoms with Crippen molar-refractivity contribution in [2.75, 3.05) is 32.8 Å². The molecule has 4 rings (SSSR count). The van der Waals surface area contributed by atoms with Gasteiger partial charge in [-0.25, -0.2) is 18.1 Å². The van der Waals surface area contributed by atoms with Crippen molar-refractivity contribution in [2.45, 2.75) is 6.54 Å². The van der Waals surface area contributed by atoms with E-state index in [1.807, 2.05) is 41.8 Å². The number of carbonyl (C=O) groups excluding carboxylic acids is 3. The number of piperazine rings is 1. The Morgan fingerprint density at radius 3 is 2.22 bits per heavy atom. The lowest BCUT2D eigenvalue weighted by Crippen LogP contribution is -2.52. The fourth-order valence-corrected chi connectivity index (χ4v) is 5.38. The Bertz CT molecular complexity index is 1120. The molecule has 168 valence electrons. The molecule has 2 aliphatic heterocycles. The number of rotatable bonds is 7. The molecule has 2 saturated heterocycles. The third-order valence-electron chi connectivity index (χ3n) is 5.29. The molecule has 0 bridgehead atoms. The number of hydrogen-bond donors (Lipinski definition) is 0. The Balaban J connectivity index is 1.33. The van der Waals surface area contributed by atoms with Crippen molar-refractivity contribution >= 4 is 45.3 Å². The van der Waals surface area contributed by atoms with Crippen LogP contribution in [0.2, 0.25) is 0 Å². The minimum absolute atomic E-state index is 0.0436. The van der Waals surface area contributed by atoms with E-state index < -0.39 is 27.9 Å². The smallest absolute Gasteiger partial charge is 0.283 e. The standard InChI is InChI=1S/C21H22N4O5S2/c26-19-20(27)25(21(28)24(19)15-18-7-4-13-31-18)16-22-9-11-23(12-10-22)32(29,30)14-8-17-5-2-1-3-6-17/h1-8,13-14H,9-12,15-16H2. The van der Waals surface area contributed by atoms with E-state index >= 15 is 0 Å². The summed E-state index contributed by atoms with van der Waals surface area (Å²) >= 11 is 1.40. The van der Waals surface area contributed by atoms with Crippen LogP contribution in [0.4, 0.5) is 4.79 Å². The first-order chi connectivity index (χ1) is 15.3. The largest absolute Gasteiger partial charge is 0.335 e. The summed E-state index contributed by atoms with van der Waals surface area (Å²) in [5, 5.41) is 3.02. The van der Waals surface area contributed by atoms with E-state index in [2.05, 4.69) is 0 Å². The number of thiophene rings is 1. The molecule has 0 radical (unpaired) electrons. The minimum Gasteiger partial charge on any atom is -0.283 e. The number of imide groups is 2. The van der Waals surface area contributed by atoms with Crippen molar-refractivity contribution in [3.63, 3.8) is 0 Å². The minimum atomic E-state index is -3.58. The van der Waals surface area contributed by atoms with Crippen molar-refractivity contribution in [3.05, 3.63) is 63.7 Å². The molecule has 2 fully saturated rings. The van der Waals surface area contributed by atoms with Gasteiger partial charge in [-0.05, 0) is 23.1 Å². The van der Waals surface area contributed by atoms with Crippen LogP contribution in [0.5, 0.6) is 0 Å². The number of urea groups is 1. The van der Waals surface area contributed by atoms with Crippen molar-refractivity contribution in [1.82, 2.24) is 19.0 Å². The van der Waals surface area contributed by atoms with E-state index in [1.54, 1.807) is 17.0 Å². The van der Waals surface area contributed by atoms with Gasteiger partial charge < -0.3 is 0 Å². The molecule has 1 aromatic carbocycles. The molecule has 1 aromatic heterocycles. The Morgan fingerprint density at radius 2 is 1.56 bits per heavy atom. The van der Waals surface area contributed by atoms with E-state index in [0.717, 1.165) is 20.2 Å². The second kappa shape index (κ2) is 9.33. The third-order valence-corrected chi connectivity index (χ3v) is 7.72. The van der Waals surface area contributed by atoms with Crippen LogP contribution in [-0.4, -0.2) is 78.1 Å². The molecule has 0 atom stereocenters. The van der Waals surface area contributed by atoms with E-state index in [9.17, 15) is 22.8 Å². The van der Waals surface area contributed by atoms with E-state index in [4.69, 9.17) is 0 Å². The fraction of sp³-hybridized carbons (Fsp3) is 0.286. The first-order valence-electron chi connectivity index (χ1n) is 10.0. The second-order valence-electron chi connectivity index (χ2n) is 7.40. The van der Waals surface area contributed by atoms with Crippen LogP contribution < -0.4 is 0 Å². The highest BCUT2D eigenvalue weighted by Gasteiger charge is 2.45. The topological polar surface area (TPSA) is 98.3 Å². The summed E-state index contributed by atoms with van der Waals surface area (Å²) in [4.78, 5) is 41.7. The summed E-state index contributed by atoms with van der Waals surface area (Å²) in [5.41, 5.74) is 0.789. The molecule has 0 saturated carbocycles. The van der Waals surface area contributed by atoms with Gasteiger partial charge in [-0.3, -0.25) is 19.4 Å². The Morgan fingerprint density at radius 1 is 0.875 bits per heavy atom. The summed E-state index contributed by atoms with van der Waals surface area (Å²) in [6.45, 7) is 1.16. The molecule has 32 heavy (non-hydrogen) atoms. The highest BCUT2D eigenvalue weighted by molar-refractivity contribution is 7.92. The lowest BCUT2D eigenvalue weighted by molar-refractivity contribution is -0.144. The van der Waals surface area contributed by atoms with Crippen LogP contribution in [0.15, 0.2) is 53.3 Å². The highest BCUT2D eigenvalue weighted by atomic mass is 32.2. The molecule has 2 aliphatic rings. The zero-order valence-corrected chi connectivity index (χ0v) is 18.8. The first kappa shape index (κ1) is 22.3. The number of amides is 4. The molecule has 0 aliphatic carbocycles. The van der Waals surface area contributed by atoms with Gasteiger partial charge in [-0.1, -0.05) is 36.4 Å². The van der Waals surface area contributed by atoms with Crippen LogP contribution in [0.1, 0.15) is 10.4 Å². The normalized spacial score (nSPS) is 18.9. The quantitative estimate of drug-likeness (QED) is 0.447. The molecule has 3 heterocycles. The van der Waals surface area contributed by atoms with Gasteiger partial charge in [0.1, 0.15) is 0 Å². The van der Waals surface area contributed by atoms with E-state index in [1.165, 1.54) is 21.1 Å². The zero-order valence-electron chi connectivity index (χ0n) is 17.2. The third kappa shape index (κ3) is 4.80. The van der Waals surface area contributed by atoms with Crippen molar-refractivity contribution in [2.24, 2.45) is 0 Å². The highest BCUT2D eigenvalue weighted by Crippen LogP contribution is 2.20. The number of hydrogen-bond acceptors (Lipinski definition) is 7. The van der Waals surface area contributed by atoms with Crippen LogP contribution >= 0.6 is 11.3 Å². The average Bonchev–Trinajstić information content (AvgIpc) is 3.38. The van der Waals surface area contributed by atoms with Crippen LogP contribution in [0, 0.1) is 0 Å².